The molecule has 1 saturated carbocycles. The first-order chi connectivity index (χ1) is 7.45. The van der Waals surface area contributed by atoms with Crippen molar-refractivity contribution in [1.82, 2.24) is 10.2 Å². The van der Waals surface area contributed by atoms with E-state index in [4.69, 9.17) is 4.74 Å². The summed E-state index contributed by atoms with van der Waals surface area (Å²) in [5.41, 5.74) is 0.00660. The Labute approximate surface area is 95.1 Å². The molecule has 2 aliphatic rings. The lowest BCUT2D eigenvalue weighted by atomic mass is 9.63. The van der Waals surface area contributed by atoms with E-state index in [9.17, 15) is 9.59 Å². The van der Waals surface area contributed by atoms with Crippen LogP contribution in [0.25, 0.3) is 0 Å². The highest BCUT2D eigenvalue weighted by molar-refractivity contribution is 5.99. The molecule has 5 heteroatoms. The molecule has 2 amide bonds. The molecule has 2 unspecified atom stereocenters. The molecule has 0 radical (unpaired) electrons. The molecule has 5 nitrogen and oxygen atoms in total. The summed E-state index contributed by atoms with van der Waals surface area (Å²) < 4.78 is 5.36. The van der Waals surface area contributed by atoms with Gasteiger partial charge in [0.25, 0.3) is 0 Å². The summed E-state index contributed by atoms with van der Waals surface area (Å²) in [5.74, 6) is -0.402. The van der Waals surface area contributed by atoms with Crippen LogP contribution in [0.4, 0.5) is 0 Å². The smallest absolute Gasteiger partial charge is 0.240 e. The molecule has 1 aliphatic heterocycles. The van der Waals surface area contributed by atoms with Gasteiger partial charge in [-0.15, -0.1) is 0 Å². The zero-order valence-electron chi connectivity index (χ0n) is 9.95. The Morgan fingerprint density at radius 3 is 2.31 bits per heavy atom. The number of imide groups is 1. The Bertz CT molecular complexity index is 311. The highest BCUT2D eigenvalue weighted by Gasteiger charge is 2.52. The standard InChI is InChI=1S/C11H18N2O3/c1-11(2)7(4-8(11)16-3)13-5-9(14)12-10(15)6-13/h7-8H,4-6H2,1-3H3,(H,12,14,15). The number of nitrogens with zero attached hydrogens (tertiary/aromatic N) is 1. The normalized spacial score (nSPS) is 34.4. The zero-order chi connectivity index (χ0) is 11.9. The van der Waals surface area contributed by atoms with Crippen LogP contribution in [0.3, 0.4) is 0 Å². The van der Waals surface area contributed by atoms with Gasteiger partial charge in [0.05, 0.1) is 19.2 Å². The van der Waals surface area contributed by atoms with Crippen LogP contribution in [0, 0.1) is 5.41 Å². The number of carbonyl (C=O) groups excluding carboxylic acids is 2. The molecule has 2 fully saturated rings. The predicted octanol–water partition coefficient (Wildman–Crippen LogP) is -0.242. The molecule has 1 aliphatic carbocycles. The number of piperazine rings is 1. The van der Waals surface area contributed by atoms with Crippen molar-refractivity contribution < 1.29 is 14.3 Å². The monoisotopic (exact) mass is 226 g/mol. The first kappa shape index (κ1) is 11.5. The quantitative estimate of drug-likeness (QED) is 0.660. The van der Waals surface area contributed by atoms with Crippen LogP contribution >= 0.6 is 0 Å². The van der Waals surface area contributed by atoms with E-state index in [1.807, 2.05) is 4.90 Å². The van der Waals surface area contributed by atoms with Gasteiger partial charge in [-0.2, -0.15) is 0 Å². The summed E-state index contributed by atoms with van der Waals surface area (Å²) in [5, 5.41) is 2.31. The van der Waals surface area contributed by atoms with Gasteiger partial charge in [0.15, 0.2) is 0 Å². The predicted molar refractivity (Wildman–Crippen MR) is 57.7 cm³/mol. The molecule has 0 spiro atoms. The van der Waals surface area contributed by atoms with Crippen LogP contribution in [-0.2, 0) is 14.3 Å². The summed E-state index contributed by atoms with van der Waals surface area (Å²) in [6, 6.07) is 0.257. The summed E-state index contributed by atoms with van der Waals surface area (Å²) >= 11 is 0. The fourth-order valence-corrected chi connectivity index (χ4v) is 2.76. The van der Waals surface area contributed by atoms with E-state index in [1.54, 1.807) is 7.11 Å². The van der Waals surface area contributed by atoms with Crippen LogP contribution in [-0.4, -0.2) is 49.1 Å². The van der Waals surface area contributed by atoms with E-state index in [1.165, 1.54) is 0 Å². The second-order valence-electron chi connectivity index (χ2n) is 5.17. The van der Waals surface area contributed by atoms with E-state index >= 15 is 0 Å². The Hall–Kier alpha value is -0.940. The van der Waals surface area contributed by atoms with E-state index in [-0.39, 0.29) is 29.4 Å². The largest absolute Gasteiger partial charge is 0.381 e. The number of ether oxygens (including phenoxy) is 1. The van der Waals surface area contributed by atoms with E-state index in [2.05, 4.69) is 19.2 Å². The fourth-order valence-electron chi connectivity index (χ4n) is 2.76. The topological polar surface area (TPSA) is 58.6 Å². The molecule has 1 saturated heterocycles. The van der Waals surface area contributed by atoms with Gasteiger partial charge in [0.1, 0.15) is 0 Å². The molecule has 16 heavy (non-hydrogen) atoms. The van der Waals surface area contributed by atoms with E-state index in [0.29, 0.717) is 13.1 Å². The van der Waals surface area contributed by atoms with Gasteiger partial charge < -0.3 is 4.74 Å². The van der Waals surface area contributed by atoms with Crippen LogP contribution in [0.15, 0.2) is 0 Å². The van der Waals surface area contributed by atoms with Crippen molar-refractivity contribution in [1.29, 1.82) is 0 Å². The van der Waals surface area contributed by atoms with Crippen molar-refractivity contribution in [3.8, 4) is 0 Å². The summed E-state index contributed by atoms with van der Waals surface area (Å²) in [4.78, 5) is 24.5. The molecule has 1 heterocycles. The number of nitrogens with one attached hydrogen (secondary N) is 1. The average molecular weight is 226 g/mol. The maximum atomic E-state index is 11.3. The number of methoxy groups -OCH3 is 1. The molecule has 0 aromatic rings. The number of amides is 2. The second kappa shape index (κ2) is 3.82. The van der Waals surface area contributed by atoms with Crippen molar-refractivity contribution in [2.75, 3.05) is 20.2 Å². The lowest BCUT2D eigenvalue weighted by molar-refractivity contribution is -0.157. The van der Waals surface area contributed by atoms with Crippen LogP contribution in [0.2, 0.25) is 0 Å². The van der Waals surface area contributed by atoms with Crippen molar-refractivity contribution in [3.63, 3.8) is 0 Å². The number of hydrogen-bond donors (Lipinski definition) is 1. The second-order valence-corrected chi connectivity index (χ2v) is 5.17. The molecule has 0 aromatic heterocycles. The molecule has 0 aromatic carbocycles. The maximum Gasteiger partial charge on any atom is 0.240 e. The van der Waals surface area contributed by atoms with Crippen molar-refractivity contribution in [2.24, 2.45) is 5.41 Å². The fraction of sp³-hybridized carbons (Fsp3) is 0.818. The number of carbonyl (C=O) groups is 2. The lowest BCUT2D eigenvalue weighted by Gasteiger charge is -2.55. The van der Waals surface area contributed by atoms with Gasteiger partial charge >= 0.3 is 0 Å². The third kappa shape index (κ3) is 1.74. The first-order valence-electron chi connectivity index (χ1n) is 5.54. The minimum Gasteiger partial charge on any atom is -0.381 e. The van der Waals surface area contributed by atoms with Crippen LogP contribution < -0.4 is 5.32 Å². The minimum atomic E-state index is -0.201. The number of rotatable bonds is 2. The Kier molecular flexibility index (Phi) is 2.75. The van der Waals surface area contributed by atoms with Crippen molar-refractivity contribution in [2.45, 2.75) is 32.4 Å². The third-order valence-electron chi connectivity index (χ3n) is 3.82. The molecule has 1 N–H and O–H groups in total. The van der Waals surface area contributed by atoms with Gasteiger partial charge in [0.2, 0.25) is 11.8 Å². The van der Waals surface area contributed by atoms with Gasteiger partial charge in [-0.3, -0.25) is 19.8 Å². The molecular weight excluding hydrogens is 208 g/mol. The van der Waals surface area contributed by atoms with Gasteiger partial charge in [0, 0.05) is 18.6 Å². The van der Waals surface area contributed by atoms with Gasteiger partial charge in [-0.1, -0.05) is 13.8 Å². The highest BCUT2D eigenvalue weighted by Crippen LogP contribution is 2.45. The molecule has 90 valence electrons. The van der Waals surface area contributed by atoms with Crippen LogP contribution in [0.5, 0.6) is 0 Å². The lowest BCUT2D eigenvalue weighted by Crippen LogP contribution is -2.66. The maximum absolute atomic E-state index is 11.3. The van der Waals surface area contributed by atoms with E-state index in [0.717, 1.165) is 6.42 Å². The van der Waals surface area contributed by atoms with Gasteiger partial charge in [-0.05, 0) is 6.42 Å². The Balaban J connectivity index is 2.04. The first-order valence-corrected chi connectivity index (χ1v) is 5.54. The van der Waals surface area contributed by atoms with Crippen molar-refractivity contribution >= 4 is 11.8 Å². The Morgan fingerprint density at radius 1 is 1.31 bits per heavy atom. The summed E-state index contributed by atoms with van der Waals surface area (Å²) in [7, 11) is 1.71. The van der Waals surface area contributed by atoms with Crippen LogP contribution in [0.1, 0.15) is 20.3 Å². The molecular formula is C11H18N2O3. The van der Waals surface area contributed by atoms with Gasteiger partial charge in [-0.25, -0.2) is 0 Å². The zero-order valence-corrected chi connectivity index (χ0v) is 9.95. The van der Waals surface area contributed by atoms with Crippen molar-refractivity contribution in [3.05, 3.63) is 0 Å². The highest BCUT2D eigenvalue weighted by atomic mass is 16.5. The molecule has 0 bridgehead atoms. The third-order valence-corrected chi connectivity index (χ3v) is 3.82. The minimum absolute atomic E-state index is 0.00660. The molecule has 2 atom stereocenters. The average Bonchev–Trinajstić information content (AvgIpc) is 2.15. The SMILES string of the molecule is COC1CC(N2CC(=O)NC(=O)C2)C1(C)C. The molecule has 2 rings (SSSR count). The van der Waals surface area contributed by atoms with E-state index < -0.39 is 0 Å². The summed E-state index contributed by atoms with van der Waals surface area (Å²) in [6.45, 7) is 4.87. The summed E-state index contributed by atoms with van der Waals surface area (Å²) in [6.07, 6.45) is 1.11. The Morgan fingerprint density at radius 2 is 1.88 bits per heavy atom. The number of hydrogen-bond acceptors (Lipinski definition) is 4.